The first-order chi connectivity index (χ1) is 8.90. The molecule has 1 rings (SSSR count). The van der Waals surface area contributed by atoms with Gasteiger partial charge in [0.25, 0.3) is 0 Å². The van der Waals surface area contributed by atoms with E-state index in [1.807, 2.05) is 0 Å². The molecule has 0 aromatic carbocycles. The first-order valence-electron chi connectivity index (χ1n) is 4.52. The Kier molecular flexibility index (Phi) is 6.44. The van der Waals surface area contributed by atoms with Gasteiger partial charge in [-0.1, -0.05) is 34.8 Å². The summed E-state index contributed by atoms with van der Waals surface area (Å²) in [5.41, 5.74) is -1.09. The zero-order valence-electron chi connectivity index (χ0n) is 8.99. The van der Waals surface area contributed by atoms with Crippen LogP contribution in [0.15, 0.2) is 6.07 Å². The molecule has 0 unspecified atom stereocenters. The average molecular weight is 349 g/mol. The average Bonchev–Trinajstić information content (AvgIpc) is 2.31. The molecular formula is C9H5Cl4NO5. The molecule has 0 saturated heterocycles. The minimum Gasteiger partial charge on any atom is -0.465 e. The summed E-state index contributed by atoms with van der Waals surface area (Å²) in [7, 11) is 0. The number of hydrogen-bond acceptors (Lipinski definition) is 6. The van der Waals surface area contributed by atoms with Crippen molar-refractivity contribution < 1.29 is 23.8 Å². The molecule has 104 valence electrons. The fourth-order valence-electron chi connectivity index (χ4n) is 0.840. The number of ether oxygens (including phenoxy) is 3. The number of esters is 1. The minimum atomic E-state index is -1.09. The molecule has 0 spiro atoms. The lowest BCUT2D eigenvalue weighted by molar-refractivity contribution is -0.153. The van der Waals surface area contributed by atoms with Gasteiger partial charge in [0.05, 0.1) is 5.02 Å². The SMILES string of the molecule is O=C(Cl)OCOC(=O)COc1nc(Cl)c(Cl)cc1Cl. The monoisotopic (exact) mass is 347 g/mol. The Hall–Kier alpha value is -0.950. The predicted molar refractivity (Wildman–Crippen MR) is 68.1 cm³/mol. The highest BCUT2D eigenvalue weighted by Crippen LogP contribution is 2.30. The number of hydrogen-bond donors (Lipinski definition) is 0. The summed E-state index contributed by atoms with van der Waals surface area (Å²) in [4.78, 5) is 25.1. The summed E-state index contributed by atoms with van der Waals surface area (Å²) in [6.07, 6.45) is 0. The second-order valence-corrected chi connectivity index (χ2v) is 4.33. The highest BCUT2D eigenvalue weighted by molar-refractivity contribution is 6.61. The van der Waals surface area contributed by atoms with Gasteiger partial charge in [-0.2, -0.15) is 4.98 Å². The predicted octanol–water partition coefficient (Wildman–Crippen LogP) is 3.30. The quantitative estimate of drug-likeness (QED) is 0.352. The standard InChI is InChI=1S/C9H5Cl4NO5/c10-4-1-5(11)8(14-7(4)12)17-2-6(15)18-3-19-9(13)16/h1H,2-3H2. The molecule has 0 aliphatic carbocycles. The molecule has 0 atom stereocenters. The molecule has 10 heteroatoms. The van der Waals surface area contributed by atoms with Gasteiger partial charge in [0, 0.05) is 11.6 Å². The lowest BCUT2D eigenvalue weighted by Gasteiger charge is -2.08. The fourth-order valence-corrected chi connectivity index (χ4v) is 1.43. The lowest BCUT2D eigenvalue weighted by Crippen LogP contribution is -2.17. The topological polar surface area (TPSA) is 74.7 Å². The van der Waals surface area contributed by atoms with E-state index < -0.39 is 24.8 Å². The van der Waals surface area contributed by atoms with Crippen molar-refractivity contribution in [2.45, 2.75) is 0 Å². The molecule has 0 aliphatic heterocycles. The van der Waals surface area contributed by atoms with Crippen LogP contribution in [0, 0.1) is 0 Å². The van der Waals surface area contributed by atoms with Crippen molar-refractivity contribution in [3.05, 3.63) is 21.3 Å². The first kappa shape index (κ1) is 16.1. The van der Waals surface area contributed by atoms with Gasteiger partial charge in [-0.15, -0.1) is 0 Å². The summed E-state index contributed by atoms with van der Waals surface area (Å²) in [5.74, 6) is -0.899. The molecule has 1 heterocycles. The van der Waals surface area contributed by atoms with Crippen molar-refractivity contribution in [1.82, 2.24) is 4.98 Å². The van der Waals surface area contributed by atoms with Crippen LogP contribution in [0.3, 0.4) is 0 Å². The summed E-state index contributed by atoms with van der Waals surface area (Å²) in [6, 6.07) is 1.31. The van der Waals surface area contributed by atoms with Gasteiger partial charge in [-0.3, -0.25) is 0 Å². The molecule has 1 aromatic heterocycles. The molecule has 0 saturated carbocycles. The normalized spacial score (nSPS) is 9.89. The summed E-state index contributed by atoms with van der Waals surface area (Å²) < 4.78 is 13.6. The zero-order valence-corrected chi connectivity index (χ0v) is 12.0. The second kappa shape index (κ2) is 7.59. The number of nitrogens with zero attached hydrogens (tertiary/aromatic N) is 1. The van der Waals surface area contributed by atoms with Crippen molar-refractivity contribution in [3.8, 4) is 5.88 Å². The number of carbonyl (C=O) groups excluding carboxylic acids is 2. The largest absolute Gasteiger partial charge is 0.465 e. The van der Waals surface area contributed by atoms with E-state index >= 15 is 0 Å². The minimum absolute atomic E-state index is 0.0227. The second-order valence-electron chi connectivity index (χ2n) is 2.85. The number of rotatable bonds is 5. The zero-order chi connectivity index (χ0) is 14.4. The number of pyridine rings is 1. The molecule has 1 aromatic rings. The third-order valence-electron chi connectivity index (χ3n) is 1.57. The van der Waals surface area contributed by atoms with E-state index in [1.165, 1.54) is 6.07 Å². The summed E-state index contributed by atoms with van der Waals surface area (Å²) in [6.45, 7) is -1.13. The van der Waals surface area contributed by atoms with E-state index in [-0.39, 0.29) is 21.1 Å². The maximum absolute atomic E-state index is 11.1. The molecule has 0 bridgehead atoms. The van der Waals surface area contributed by atoms with E-state index in [0.717, 1.165) is 0 Å². The highest BCUT2D eigenvalue weighted by Gasteiger charge is 2.12. The summed E-state index contributed by atoms with van der Waals surface area (Å²) in [5, 5.41) is 0.204. The van der Waals surface area contributed by atoms with E-state index in [4.69, 9.17) is 51.1 Å². The van der Waals surface area contributed by atoms with Crippen LogP contribution in [0.2, 0.25) is 15.2 Å². The highest BCUT2D eigenvalue weighted by atomic mass is 35.5. The van der Waals surface area contributed by atoms with Crippen LogP contribution in [0.5, 0.6) is 5.88 Å². The van der Waals surface area contributed by atoms with Crippen molar-refractivity contribution in [2.75, 3.05) is 13.4 Å². The van der Waals surface area contributed by atoms with E-state index in [9.17, 15) is 9.59 Å². The van der Waals surface area contributed by atoms with Crippen LogP contribution in [0.4, 0.5) is 4.79 Å². The van der Waals surface area contributed by atoms with Crippen LogP contribution < -0.4 is 4.74 Å². The van der Waals surface area contributed by atoms with E-state index in [2.05, 4.69) is 14.5 Å². The van der Waals surface area contributed by atoms with E-state index in [1.54, 1.807) is 0 Å². The molecule has 19 heavy (non-hydrogen) atoms. The van der Waals surface area contributed by atoms with Gasteiger partial charge in [0.15, 0.2) is 11.8 Å². The Morgan fingerprint density at radius 3 is 2.47 bits per heavy atom. The van der Waals surface area contributed by atoms with Gasteiger partial charge in [0.2, 0.25) is 12.7 Å². The molecule has 0 fully saturated rings. The van der Waals surface area contributed by atoms with Crippen LogP contribution in [-0.2, 0) is 14.3 Å². The number of carbonyl (C=O) groups is 2. The van der Waals surface area contributed by atoms with Crippen molar-refractivity contribution >= 4 is 57.8 Å². The number of aromatic nitrogens is 1. The van der Waals surface area contributed by atoms with Crippen molar-refractivity contribution in [3.63, 3.8) is 0 Å². The molecule has 0 N–H and O–H groups in total. The van der Waals surface area contributed by atoms with Gasteiger partial charge in [-0.05, 0) is 6.07 Å². The fraction of sp³-hybridized carbons (Fsp3) is 0.222. The molecule has 0 aliphatic rings. The Bertz CT molecular complexity index is 496. The van der Waals surface area contributed by atoms with Crippen LogP contribution in [0.1, 0.15) is 0 Å². The Balaban J connectivity index is 2.46. The van der Waals surface area contributed by atoms with Crippen molar-refractivity contribution in [2.24, 2.45) is 0 Å². The maximum Gasteiger partial charge on any atom is 0.406 e. The molecule has 0 radical (unpaired) electrons. The van der Waals surface area contributed by atoms with Crippen LogP contribution >= 0.6 is 46.4 Å². The molecule has 6 nitrogen and oxygen atoms in total. The maximum atomic E-state index is 11.1. The number of halogens is 4. The van der Waals surface area contributed by atoms with Gasteiger partial charge in [-0.25, -0.2) is 9.59 Å². The smallest absolute Gasteiger partial charge is 0.406 e. The molecular weight excluding hydrogens is 344 g/mol. The molecule has 0 amide bonds. The van der Waals surface area contributed by atoms with Gasteiger partial charge >= 0.3 is 11.4 Å². The van der Waals surface area contributed by atoms with Gasteiger partial charge in [0.1, 0.15) is 5.02 Å². The van der Waals surface area contributed by atoms with Crippen LogP contribution in [-0.4, -0.2) is 29.8 Å². The lowest BCUT2D eigenvalue weighted by atomic mass is 10.5. The van der Waals surface area contributed by atoms with E-state index in [0.29, 0.717) is 0 Å². The Labute approximate surface area is 127 Å². The third-order valence-corrected chi connectivity index (χ3v) is 2.63. The Morgan fingerprint density at radius 1 is 1.16 bits per heavy atom. The first-order valence-corrected chi connectivity index (χ1v) is 6.03. The van der Waals surface area contributed by atoms with Crippen molar-refractivity contribution in [1.29, 1.82) is 0 Å². The Morgan fingerprint density at radius 2 is 1.84 bits per heavy atom. The van der Waals surface area contributed by atoms with Gasteiger partial charge < -0.3 is 14.2 Å². The third kappa shape index (κ3) is 5.69. The summed E-state index contributed by atoms with van der Waals surface area (Å²) >= 11 is 21.9. The van der Waals surface area contributed by atoms with Crippen LogP contribution in [0.25, 0.3) is 0 Å².